The van der Waals surface area contributed by atoms with Crippen molar-refractivity contribution in [1.29, 1.82) is 0 Å². The molecule has 126 valence electrons. The molecule has 0 atom stereocenters. The lowest BCUT2D eigenvalue weighted by Gasteiger charge is -2.09. The van der Waals surface area contributed by atoms with Crippen molar-refractivity contribution in [2.75, 3.05) is 27.7 Å². The maximum absolute atomic E-state index is 5.48. The van der Waals surface area contributed by atoms with Crippen LogP contribution in [0.15, 0.2) is 47.1 Å². The summed E-state index contributed by atoms with van der Waals surface area (Å²) in [6.45, 7) is 1.95. The molecule has 0 radical (unpaired) electrons. The highest BCUT2D eigenvalue weighted by Gasteiger charge is 2.11. The second kappa shape index (κ2) is 7.36. The summed E-state index contributed by atoms with van der Waals surface area (Å²) in [6, 6.07) is 14.4. The lowest BCUT2D eigenvalue weighted by atomic mass is 10.0. The monoisotopic (exact) mass is 387 g/mol. The summed E-state index contributed by atoms with van der Waals surface area (Å²) >= 11 is 3.69. The van der Waals surface area contributed by atoms with Gasteiger partial charge in [-0.1, -0.05) is 24.3 Å². The number of fused-ring (bicyclic) bond motifs is 1. The molecule has 4 nitrogen and oxygen atoms in total. The van der Waals surface area contributed by atoms with Crippen molar-refractivity contribution in [3.8, 4) is 16.9 Å². The first-order chi connectivity index (χ1) is 11.6. The number of ether oxygens (including phenoxy) is 1. The zero-order valence-corrected chi connectivity index (χ0v) is 15.9. The van der Waals surface area contributed by atoms with Gasteiger partial charge in [0.15, 0.2) is 0 Å². The Morgan fingerprint density at radius 2 is 1.96 bits per heavy atom. The highest BCUT2D eigenvalue weighted by Crippen LogP contribution is 2.33. The normalized spacial score (nSPS) is 11.4. The number of aromatic nitrogens is 2. The fourth-order valence-corrected chi connectivity index (χ4v) is 3.43. The number of nitrogens with zero attached hydrogens (tertiary/aromatic N) is 3. The Labute approximate surface area is 151 Å². The van der Waals surface area contributed by atoms with Gasteiger partial charge in [0, 0.05) is 17.5 Å². The minimum absolute atomic E-state index is 0.876. The predicted molar refractivity (Wildman–Crippen MR) is 103 cm³/mol. The molecule has 0 fully saturated rings. The fourth-order valence-electron chi connectivity index (χ4n) is 2.84. The minimum atomic E-state index is 0.876. The van der Waals surface area contributed by atoms with Crippen molar-refractivity contribution in [2.24, 2.45) is 0 Å². The van der Waals surface area contributed by atoms with Gasteiger partial charge < -0.3 is 9.64 Å². The number of aryl methyl sites for hydroxylation is 1. The Bertz CT molecular complexity index is 842. The van der Waals surface area contributed by atoms with Crippen LogP contribution in [-0.2, 0) is 6.54 Å². The molecule has 3 aromatic rings. The van der Waals surface area contributed by atoms with Crippen molar-refractivity contribution in [3.63, 3.8) is 0 Å². The van der Waals surface area contributed by atoms with Gasteiger partial charge in [0.1, 0.15) is 10.4 Å². The number of hydrogen-bond acceptors (Lipinski definition) is 3. The van der Waals surface area contributed by atoms with Crippen molar-refractivity contribution in [2.45, 2.75) is 13.0 Å². The van der Waals surface area contributed by atoms with E-state index in [1.54, 1.807) is 7.11 Å². The molecule has 0 saturated heterocycles. The first kappa shape index (κ1) is 17.0. The quantitative estimate of drug-likeness (QED) is 0.626. The molecule has 0 bridgehead atoms. The van der Waals surface area contributed by atoms with Crippen LogP contribution in [0.2, 0.25) is 0 Å². The van der Waals surface area contributed by atoms with Gasteiger partial charge in [0.25, 0.3) is 0 Å². The summed E-state index contributed by atoms with van der Waals surface area (Å²) in [6.07, 6.45) is 1.07. The summed E-state index contributed by atoms with van der Waals surface area (Å²) in [5.74, 6) is 0.876. The Morgan fingerprint density at radius 1 is 1.17 bits per heavy atom. The molecule has 0 amide bonds. The average molecular weight is 388 g/mol. The van der Waals surface area contributed by atoms with E-state index in [9.17, 15) is 0 Å². The van der Waals surface area contributed by atoms with Crippen LogP contribution in [0.5, 0.6) is 5.75 Å². The van der Waals surface area contributed by atoms with Crippen LogP contribution in [-0.4, -0.2) is 42.4 Å². The molecule has 5 heteroatoms. The number of methoxy groups -OCH3 is 1. The number of halogens is 1. The van der Waals surface area contributed by atoms with E-state index >= 15 is 0 Å². The molecule has 0 spiro atoms. The smallest absolute Gasteiger partial charge is 0.126 e. The number of hydrogen-bond donors (Lipinski definition) is 0. The van der Waals surface area contributed by atoms with Gasteiger partial charge in [-0.25, -0.2) is 0 Å². The van der Waals surface area contributed by atoms with Gasteiger partial charge in [0.05, 0.1) is 12.6 Å². The molecular weight excluding hydrogens is 366 g/mol. The number of benzene rings is 2. The lowest BCUT2D eigenvalue weighted by Crippen LogP contribution is -2.15. The SMILES string of the molecule is COc1ccccc1-c1ccc2c(Br)n(CCCN(C)C)nc2c1. The molecule has 1 heterocycles. The van der Waals surface area contributed by atoms with Gasteiger partial charge in [-0.2, -0.15) is 5.10 Å². The second-order valence-electron chi connectivity index (χ2n) is 6.10. The third kappa shape index (κ3) is 3.47. The van der Waals surface area contributed by atoms with E-state index in [0.717, 1.165) is 51.9 Å². The first-order valence-electron chi connectivity index (χ1n) is 8.04. The van der Waals surface area contributed by atoms with Crippen LogP contribution >= 0.6 is 15.9 Å². The Balaban J connectivity index is 1.94. The molecule has 0 unspecified atom stereocenters. The van der Waals surface area contributed by atoms with Crippen LogP contribution in [0.3, 0.4) is 0 Å². The molecule has 0 aliphatic carbocycles. The average Bonchev–Trinajstić information content (AvgIpc) is 2.90. The highest BCUT2D eigenvalue weighted by molar-refractivity contribution is 9.10. The summed E-state index contributed by atoms with van der Waals surface area (Å²) in [4.78, 5) is 2.19. The van der Waals surface area contributed by atoms with E-state index in [2.05, 4.69) is 59.2 Å². The van der Waals surface area contributed by atoms with Gasteiger partial charge in [-0.3, -0.25) is 4.68 Å². The second-order valence-corrected chi connectivity index (χ2v) is 6.85. The maximum atomic E-state index is 5.48. The van der Waals surface area contributed by atoms with Crippen LogP contribution in [0, 0.1) is 0 Å². The van der Waals surface area contributed by atoms with Gasteiger partial charge in [0.2, 0.25) is 0 Å². The molecular formula is C19H22BrN3O. The Kier molecular flexibility index (Phi) is 5.21. The molecule has 2 aromatic carbocycles. The van der Waals surface area contributed by atoms with E-state index < -0.39 is 0 Å². The van der Waals surface area contributed by atoms with Crippen molar-refractivity contribution in [1.82, 2.24) is 14.7 Å². The van der Waals surface area contributed by atoms with E-state index in [1.165, 1.54) is 0 Å². The Morgan fingerprint density at radius 3 is 2.71 bits per heavy atom. The van der Waals surface area contributed by atoms with Crippen LogP contribution in [0.1, 0.15) is 6.42 Å². The summed E-state index contributed by atoms with van der Waals surface area (Å²) in [5.41, 5.74) is 3.20. The third-order valence-corrected chi connectivity index (χ3v) is 4.90. The van der Waals surface area contributed by atoms with Crippen molar-refractivity contribution >= 4 is 26.8 Å². The van der Waals surface area contributed by atoms with Crippen LogP contribution < -0.4 is 4.74 Å². The number of para-hydroxylation sites is 1. The molecule has 0 aliphatic heterocycles. The fraction of sp³-hybridized carbons (Fsp3) is 0.316. The van der Waals surface area contributed by atoms with E-state index in [1.807, 2.05) is 22.9 Å². The largest absolute Gasteiger partial charge is 0.496 e. The number of rotatable bonds is 6. The molecule has 24 heavy (non-hydrogen) atoms. The summed E-state index contributed by atoms with van der Waals surface area (Å²) in [5, 5.41) is 5.90. The lowest BCUT2D eigenvalue weighted by molar-refractivity contribution is 0.380. The van der Waals surface area contributed by atoms with Gasteiger partial charge in [-0.15, -0.1) is 0 Å². The summed E-state index contributed by atoms with van der Waals surface area (Å²) in [7, 11) is 5.88. The van der Waals surface area contributed by atoms with Crippen molar-refractivity contribution in [3.05, 3.63) is 47.1 Å². The molecule has 0 N–H and O–H groups in total. The highest BCUT2D eigenvalue weighted by atomic mass is 79.9. The minimum Gasteiger partial charge on any atom is -0.496 e. The van der Waals surface area contributed by atoms with E-state index in [0.29, 0.717) is 0 Å². The van der Waals surface area contributed by atoms with Gasteiger partial charge in [-0.05, 0) is 66.8 Å². The molecule has 0 aliphatic rings. The molecule has 3 rings (SSSR count). The van der Waals surface area contributed by atoms with E-state index in [4.69, 9.17) is 9.84 Å². The Hall–Kier alpha value is -1.85. The standard InChI is InChI=1S/C19H22BrN3O/c1-22(2)11-6-12-23-19(20)16-10-9-14(13-17(16)21-23)15-7-4-5-8-18(15)24-3/h4-5,7-10,13H,6,11-12H2,1-3H3. The third-order valence-electron chi connectivity index (χ3n) is 4.07. The topological polar surface area (TPSA) is 30.3 Å². The van der Waals surface area contributed by atoms with Crippen molar-refractivity contribution < 1.29 is 4.74 Å². The summed E-state index contributed by atoms with van der Waals surface area (Å²) < 4.78 is 8.56. The predicted octanol–water partition coefficient (Wildman–Crippen LogP) is 4.43. The van der Waals surface area contributed by atoms with Crippen LogP contribution in [0.4, 0.5) is 0 Å². The zero-order valence-electron chi connectivity index (χ0n) is 14.3. The van der Waals surface area contributed by atoms with Crippen LogP contribution in [0.25, 0.3) is 22.0 Å². The molecule has 0 saturated carbocycles. The van der Waals surface area contributed by atoms with E-state index in [-0.39, 0.29) is 0 Å². The molecule has 1 aromatic heterocycles. The maximum Gasteiger partial charge on any atom is 0.126 e. The first-order valence-corrected chi connectivity index (χ1v) is 8.83. The zero-order chi connectivity index (χ0) is 17.1. The van der Waals surface area contributed by atoms with Gasteiger partial charge >= 0.3 is 0 Å².